The molecule has 0 aliphatic heterocycles. The molecule has 0 spiro atoms. The van der Waals surface area contributed by atoms with Gasteiger partial charge in [0.25, 0.3) is 5.91 Å². The Bertz CT molecular complexity index is 1100. The second kappa shape index (κ2) is 8.09. The number of ketones is 1. The Balaban J connectivity index is 1.89. The number of aromatic nitrogens is 4. The maximum atomic E-state index is 12.9. The average Bonchev–Trinajstić information content (AvgIpc) is 3.27. The molecule has 3 rings (SSSR count). The first kappa shape index (κ1) is 20.0. The summed E-state index contributed by atoms with van der Waals surface area (Å²) in [6, 6.07) is 6.78. The molecule has 29 heavy (non-hydrogen) atoms. The molecule has 0 bridgehead atoms. The van der Waals surface area contributed by atoms with Crippen LogP contribution in [0.2, 0.25) is 0 Å². The molecule has 9 heteroatoms. The molecule has 0 fully saturated rings. The van der Waals surface area contributed by atoms with E-state index in [0.717, 1.165) is 6.42 Å². The van der Waals surface area contributed by atoms with Crippen LogP contribution in [0.4, 0.5) is 5.69 Å². The molecule has 9 nitrogen and oxygen atoms in total. The van der Waals surface area contributed by atoms with E-state index in [0.29, 0.717) is 40.3 Å². The number of hydrogen-bond donors (Lipinski definition) is 3. The molecule has 0 atom stereocenters. The molecule has 0 radical (unpaired) electrons. The van der Waals surface area contributed by atoms with E-state index in [1.54, 1.807) is 31.2 Å². The molecule has 0 aliphatic carbocycles. The smallest absolute Gasteiger partial charge is 0.358 e. The van der Waals surface area contributed by atoms with Crippen LogP contribution in [0.5, 0.6) is 0 Å². The van der Waals surface area contributed by atoms with Crippen molar-refractivity contribution < 1.29 is 19.5 Å². The number of nitrogens with one attached hydrogen (secondary N) is 2. The van der Waals surface area contributed by atoms with Gasteiger partial charge in [0.05, 0.1) is 11.9 Å². The highest BCUT2D eigenvalue weighted by molar-refractivity contribution is 6.07. The second-order valence-electron chi connectivity index (χ2n) is 6.64. The highest BCUT2D eigenvalue weighted by Crippen LogP contribution is 2.23. The molecule has 2 heterocycles. The number of hydrogen-bond acceptors (Lipinski definition) is 5. The van der Waals surface area contributed by atoms with E-state index in [-0.39, 0.29) is 17.4 Å². The van der Waals surface area contributed by atoms with Gasteiger partial charge in [0.15, 0.2) is 11.5 Å². The van der Waals surface area contributed by atoms with Gasteiger partial charge in [0.1, 0.15) is 5.69 Å². The number of anilines is 1. The van der Waals surface area contributed by atoms with Gasteiger partial charge in [-0.2, -0.15) is 0 Å². The number of benzene rings is 1. The Morgan fingerprint density at radius 1 is 1.28 bits per heavy atom. The summed E-state index contributed by atoms with van der Waals surface area (Å²) in [6.07, 6.45) is 2.70. The third-order valence-electron chi connectivity index (χ3n) is 4.45. The fourth-order valence-corrected chi connectivity index (χ4v) is 3.25. The van der Waals surface area contributed by atoms with Crippen molar-refractivity contribution in [3.05, 3.63) is 58.7 Å². The first-order valence-corrected chi connectivity index (χ1v) is 9.11. The summed E-state index contributed by atoms with van der Waals surface area (Å²) in [4.78, 5) is 38.9. The summed E-state index contributed by atoms with van der Waals surface area (Å²) in [6.45, 7) is 5.25. The number of aromatic amines is 1. The molecule has 0 aliphatic rings. The van der Waals surface area contributed by atoms with Gasteiger partial charge in [-0.05, 0) is 44.0 Å². The molecule has 1 aromatic carbocycles. The predicted molar refractivity (Wildman–Crippen MR) is 106 cm³/mol. The Labute approximate surface area is 166 Å². The monoisotopic (exact) mass is 395 g/mol. The fraction of sp³-hybridized carbons (Fsp3) is 0.250. The zero-order chi connectivity index (χ0) is 21.1. The summed E-state index contributed by atoms with van der Waals surface area (Å²) < 4.78 is 1.31. The van der Waals surface area contributed by atoms with E-state index in [4.69, 9.17) is 5.11 Å². The van der Waals surface area contributed by atoms with Gasteiger partial charge >= 0.3 is 5.97 Å². The predicted octanol–water partition coefficient (Wildman–Crippen LogP) is 3.01. The van der Waals surface area contributed by atoms with Gasteiger partial charge in [-0.1, -0.05) is 24.6 Å². The molecule has 0 saturated heterocycles. The molecule has 1 amide bonds. The number of amides is 1. The lowest BCUT2D eigenvalue weighted by molar-refractivity contribution is 0.0690. The van der Waals surface area contributed by atoms with Gasteiger partial charge in [-0.15, -0.1) is 5.10 Å². The number of carbonyl (C=O) groups is 3. The number of carboxylic acid groups (broad SMARTS) is 1. The molecule has 3 aromatic rings. The molecular formula is C20H21N5O4. The van der Waals surface area contributed by atoms with Crippen LogP contribution in [-0.4, -0.2) is 42.7 Å². The zero-order valence-electron chi connectivity index (χ0n) is 16.3. The van der Waals surface area contributed by atoms with E-state index < -0.39 is 5.97 Å². The largest absolute Gasteiger partial charge is 0.476 e. The van der Waals surface area contributed by atoms with Crippen molar-refractivity contribution >= 4 is 23.3 Å². The average molecular weight is 395 g/mol. The van der Waals surface area contributed by atoms with Crippen LogP contribution >= 0.6 is 0 Å². The molecule has 0 unspecified atom stereocenters. The molecule has 150 valence electrons. The van der Waals surface area contributed by atoms with Crippen LogP contribution in [0, 0.1) is 6.92 Å². The van der Waals surface area contributed by atoms with Crippen LogP contribution in [0.3, 0.4) is 0 Å². The minimum Gasteiger partial charge on any atom is -0.476 e. The summed E-state index contributed by atoms with van der Waals surface area (Å²) in [5, 5.41) is 19.2. The Morgan fingerprint density at radius 2 is 2.03 bits per heavy atom. The van der Waals surface area contributed by atoms with Crippen molar-refractivity contribution in [1.29, 1.82) is 0 Å². The maximum Gasteiger partial charge on any atom is 0.358 e. The third-order valence-corrected chi connectivity index (χ3v) is 4.45. The topological polar surface area (TPSA) is 130 Å². The number of H-pyrrole nitrogens is 1. The van der Waals surface area contributed by atoms with Crippen molar-refractivity contribution in [2.45, 2.75) is 33.6 Å². The lowest BCUT2D eigenvalue weighted by atomic mass is 10.0. The number of carboxylic acids is 1. The SMILES string of the molecule is CCCc1c(C(=O)Nc2cccc(-n3cc(C(=O)O)nn3)c2)[nH]c(C)c1C(C)=O. The summed E-state index contributed by atoms with van der Waals surface area (Å²) in [5.41, 5.74) is 3.19. The first-order chi connectivity index (χ1) is 13.8. The van der Waals surface area contributed by atoms with Crippen molar-refractivity contribution in [2.75, 3.05) is 5.32 Å². The van der Waals surface area contributed by atoms with Crippen molar-refractivity contribution in [3.63, 3.8) is 0 Å². The highest BCUT2D eigenvalue weighted by atomic mass is 16.4. The standard InChI is InChI=1S/C20H21N5O4/c1-4-6-15-17(12(3)26)11(2)21-18(15)19(27)22-13-7-5-8-14(9-13)25-10-16(20(28)29)23-24-25/h5,7-10,21H,4,6H2,1-3H3,(H,22,27)(H,28,29). The highest BCUT2D eigenvalue weighted by Gasteiger charge is 2.22. The van der Waals surface area contributed by atoms with E-state index in [9.17, 15) is 14.4 Å². The van der Waals surface area contributed by atoms with Crippen LogP contribution in [0.1, 0.15) is 62.9 Å². The number of nitrogens with zero attached hydrogens (tertiary/aromatic N) is 3. The summed E-state index contributed by atoms with van der Waals surface area (Å²) in [7, 11) is 0. The first-order valence-electron chi connectivity index (χ1n) is 9.11. The lowest BCUT2D eigenvalue weighted by Gasteiger charge is -2.08. The van der Waals surface area contributed by atoms with Gasteiger partial charge in [0.2, 0.25) is 0 Å². The van der Waals surface area contributed by atoms with Crippen LogP contribution in [-0.2, 0) is 6.42 Å². The van der Waals surface area contributed by atoms with E-state index >= 15 is 0 Å². The maximum absolute atomic E-state index is 12.9. The molecule has 3 N–H and O–H groups in total. The third kappa shape index (κ3) is 4.08. The number of aromatic carboxylic acids is 1. The van der Waals surface area contributed by atoms with E-state index in [1.165, 1.54) is 17.8 Å². The summed E-state index contributed by atoms with van der Waals surface area (Å²) >= 11 is 0. The van der Waals surface area contributed by atoms with Crippen LogP contribution in [0.15, 0.2) is 30.5 Å². The van der Waals surface area contributed by atoms with Crippen molar-refractivity contribution in [1.82, 2.24) is 20.0 Å². The molecule has 0 saturated carbocycles. The van der Waals surface area contributed by atoms with Crippen molar-refractivity contribution in [2.24, 2.45) is 0 Å². The van der Waals surface area contributed by atoms with Crippen LogP contribution in [0.25, 0.3) is 5.69 Å². The van der Waals surface area contributed by atoms with Gasteiger partial charge in [-0.3, -0.25) is 9.59 Å². The van der Waals surface area contributed by atoms with E-state index in [1.807, 2.05) is 6.92 Å². The lowest BCUT2D eigenvalue weighted by Crippen LogP contribution is -2.15. The van der Waals surface area contributed by atoms with E-state index in [2.05, 4.69) is 20.6 Å². The Hall–Kier alpha value is -3.75. The quantitative estimate of drug-likeness (QED) is 0.527. The zero-order valence-corrected chi connectivity index (χ0v) is 16.3. The number of carbonyl (C=O) groups excluding carboxylic acids is 2. The van der Waals surface area contributed by atoms with Gasteiger partial charge in [-0.25, -0.2) is 9.48 Å². The minimum absolute atomic E-state index is 0.0799. The summed E-state index contributed by atoms with van der Waals surface area (Å²) in [5.74, 6) is -1.61. The minimum atomic E-state index is -1.17. The Kier molecular flexibility index (Phi) is 5.58. The fourth-order valence-electron chi connectivity index (χ4n) is 3.25. The van der Waals surface area contributed by atoms with Gasteiger partial charge in [0, 0.05) is 16.9 Å². The number of aryl methyl sites for hydroxylation is 1. The number of rotatable bonds is 7. The second-order valence-corrected chi connectivity index (χ2v) is 6.64. The Morgan fingerprint density at radius 3 is 2.66 bits per heavy atom. The molecule has 2 aromatic heterocycles. The number of Topliss-reactive ketones (excluding diaryl/α,β-unsaturated/α-hetero) is 1. The van der Waals surface area contributed by atoms with Gasteiger partial charge < -0.3 is 15.4 Å². The normalized spacial score (nSPS) is 10.7. The van der Waals surface area contributed by atoms with Crippen molar-refractivity contribution in [3.8, 4) is 5.69 Å². The van der Waals surface area contributed by atoms with Crippen LogP contribution < -0.4 is 5.32 Å². The molecular weight excluding hydrogens is 374 g/mol.